The third-order valence-electron chi connectivity index (χ3n) is 2.79. The van der Waals surface area contributed by atoms with E-state index in [4.69, 9.17) is 4.74 Å². The van der Waals surface area contributed by atoms with Crippen molar-refractivity contribution >= 4 is 21.8 Å². The fourth-order valence-electron chi connectivity index (χ4n) is 1.72. The minimum Gasteiger partial charge on any atom is -0.462 e. The molecule has 2 rings (SSSR count). The zero-order valence-electron chi connectivity index (χ0n) is 11.9. The van der Waals surface area contributed by atoms with Crippen molar-refractivity contribution in [2.24, 2.45) is 7.05 Å². The summed E-state index contributed by atoms with van der Waals surface area (Å²) in [6.07, 6.45) is 1.21. The molecule has 9 heteroatoms. The van der Waals surface area contributed by atoms with E-state index in [-0.39, 0.29) is 22.9 Å². The topological polar surface area (TPSA) is 90.3 Å². The van der Waals surface area contributed by atoms with Gasteiger partial charge in [0, 0.05) is 7.05 Å². The Labute approximate surface area is 126 Å². The van der Waals surface area contributed by atoms with Gasteiger partial charge in [-0.25, -0.2) is 17.6 Å². The van der Waals surface area contributed by atoms with Crippen molar-refractivity contribution in [2.75, 3.05) is 11.3 Å². The predicted molar refractivity (Wildman–Crippen MR) is 76.4 cm³/mol. The van der Waals surface area contributed by atoms with E-state index in [1.165, 1.54) is 17.9 Å². The predicted octanol–water partition coefficient (Wildman–Crippen LogP) is 1.54. The summed E-state index contributed by atoms with van der Waals surface area (Å²) in [4.78, 5) is 11.7. The van der Waals surface area contributed by atoms with Gasteiger partial charge in [0.15, 0.2) is 5.82 Å². The smallest absolute Gasteiger partial charge is 0.343 e. The monoisotopic (exact) mass is 327 g/mol. The van der Waals surface area contributed by atoms with Crippen molar-refractivity contribution in [2.45, 2.75) is 11.8 Å². The molecule has 0 spiro atoms. The lowest BCUT2D eigenvalue weighted by molar-refractivity contribution is 0.0527. The van der Waals surface area contributed by atoms with Crippen LogP contribution in [0.3, 0.4) is 0 Å². The minimum absolute atomic E-state index is 0.00460. The van der Waals surface area contributed by atoms with Crippen LogP contribution in [0, 0.1) is 5.82 Å². The second-order valence-electron chi connectivity index (χ2n) is 4.31. The van der Waals surface area contributed by atoms with E-state index in [0.29, 0.717) is 0 Å². The Kier molecular flexibility index (Phi) is 4.45. The van der Waals surface area contributed by atoms with Gasteiger partial charge in [-0.1, -0.05) is 0 Å². The Morgan fingerprint density at radius 3 is 2.59 bits per heavy atom. The molecule has 1 N–H and O–H groups in total. The normalized spacial score (nSPS) is 11.2. The summed E-state index contributed by atoms with van der Waals surface area (Å²) in [5.74, 6) is -1.26. The molecule has 0 bridgehead atoms. The number of hydrogen-bond acceptors (Lipinski definition) is 5. The first kappa shape index (κ1) is 16.0. The van der Waals surface area contributed by atoms with Crippen molar-refractivity contribution in [1.29, 1.82) is 0 Å². The number of benzene rings is 1. The average Bonchev–Trinajstić information content (AvgIpc) is 2.80. The first-order chi connectivity index (χ1) is 10.3. The highest BCUT2D eigenvalue weighted by Gasteiger charge is 2.23. The van der Waals surface area contributed by atoms with Crippen LogP contribution in [0.15, 0.2) is 35.4 Å². The Balaban J connectivity index is 2.36. The molecule has 0 radical (unpaired) electrons. The molecule has 1 heterocycles. The summed E-state index contributed by atoms with van der Waals surface area (Å²) in [6.45, 7) is 1.79. The van der Waals surface area contributed by atoms with E-state index < -0.39 is 21.8 Å². The summed E-state index contributed by atoms with van der Waals surface area (Å²) in [6, 6.07) is 4.31. The van der Waals surface area contributed by atoms with Crippen LogP contribution in [0.25, 0.3) is 0 Å². The minimum atomic E-state index is -3.98. The van der Waals surface area contributed by atoms with Crippen molar-refractivity contribution < 1.29 is 22.3 Å². The highest BCUT2D eigenvalue weighted by Crippen LogP contribution is 2.20. The van der Waals surface area contributed by atoms with E-state index >= 15 is 0 Å². The standard InChI is InChI=1S/C13H14FN3O4S/c1-3-21-13(18)11-8-15-17(2)12(11)16-22(19,20)10-6-4-9(14)5-7-10/h4-8,16H,3H2,1-2H3. The second-order valence-corrected chi connectivity index (χ2v) is 5.99. The zero-order chi connectivity index (χ0) is 16.3. The summed E-state index contributed by atoms with van der Waals surface area (Å²) in [7, 11) is -2.50. The van der Waals surface area contributed by atoms with Crippen molar-refractivity contribution in [1.82, 2.24) is 9.78 Å². The molecule has 0 unspecified atom stereocenters. The maximum absolute atomic E-state index is 12.9. The number of hydrogen-bond donors (Lipinski definition) is 1. The quantitative estimate of drug-likeness (QED) is 0.841. The Morgan fingerprint density at radius 1 is 1.36 bits per heavy atom. The lowest BCUT2D eigenvalue weighted by Gasteiger charge is -2.10. The molecule has 2 aromatic rings. The van der Waals surface area contributed by atoms with Crippen LogP contribution >= 0.6 is 0 Å². The van der Waals surface area contributed by atoms with Gasteiger partial charge in [-0.2, -0.15) is 5.10 Å². The summed E-state index contributed by atoms with van der Waals surface area (Å²) < 4.78 is 45.7. The van der Waals surface area contributed by atoms with Crippen LogP contribution in [0.5, 0.6) is 0 Å². The van der Waals surface area contributed by atoms with E-state index in [1.54, 1.807) is 6.92 Å². The van der Waals surface area contributed by atoms with Crippen molar-refractivity contribution in [3.05, 3.63) is 41.8 Å². The largest absolute Gasteiger partial charge is 0.462 e. The first-order valence-electron chi connectivity index (χ1n) is 6.32. The summed E-state index contributed by atoms with van der Waals surface area (Å²) >= 11 is 0. The molecule has 22 heavy (non-hydrogen) atoms. The number of aryl methyl sites for hydroxylation is 1. The molecule has 0 aliphatic carbocycles. The van der Waals surface area contributed by atoms with Gasteiger partial charge >= 0.3 is 5.97 Å². The van der Waals surface area contributed by atoms with Crippen LogP contribution in [0.4, 0.5) is 10.2 Å². The summed E-state index contributed by atoms with van der Waals surface area (Å²) in [5.41, 5.74) is -0.00460. The number of anilines is 1. The molecule has 7 nitrogen and oxygen atoms in total. The molecule has 0 fully saturated rings. The Bertz CT molecular complexity index is 784. The fourth-order valence-corrected chi connectivity index (χ4v) is 2.83. The molecule has 0 aliphatic heterocycles. The molecule has 0 saturated carbocycles. The molecule has 1 aromatic heterocycles. The van der Waals surface area contributed by atoms with Gasteiger partial charge < -0.3 is 4.74 Å². The molecule has 0 saturated heterocycles. The van der Waals surface area contributed by atoms with E-state index in [9.17, 15) is 17.6 Å². The molecule has 0 aliphatic rings. The molecule has 1 aromatic carbocycles. The number of aromatic nitrogens is 2. The molecule has 0 amide bonds. The SMILES string of the molecule is CCOC(=O)c1cnn(C)c1NS(=O)(=O)c1ccc(F)cc1. The first-order valence-corrected chi connectivity index (χ1v) is 7.81. The number of carbonyl (C=O) groups excluding carboxylic acids is 1. The highest BCUT2D eigenvalue weighted by atomic mass is 32.2. The maximum Gasteiger partial charge on any atom is 0.343 e. The number of esters is 1. The van der Waals surface area contributed by atoms with Gasteiger partial charge in [0.2, 0.25) is 0 Å². The number of ether oxygens (including phenoxy) is 1. The molecular weight excluding hydrogens is 313 g/mol. The van der Waals surface area contributed by atoms with Crippen LogP contribution in [0.1, 0.15) is 17.3 Å². The lowest BCUT2D eigenvalue weighted by atomic mass is 10.3. The lowest BCUT2D eigenvalue weighted by Crippen LogP contribution is -2.18. The van der Waals surface area contributed by atoms with Crippen LogP contribution < -0.4 is 4.72 Å². The van der Waals surface area contributed by atoms with Gasteiger partial charge in [0.25, 0.3) is 10.0 Å². The van der Waals surface area contributed by atoms with Gasteiger partial charge in [-0.05, 0) is 31.2 Å². The average molecular weight is 327 g/mol. The second kappa shape index (κ2) is 6.14. The fraction of sp³-hybridized carbons (Fsp3) is 0.231. The molecule has 0 atom stereocenters. The number of rotatable bonds is 5. The Hall–Kier alpha value is -2.42. The maximum atomic E-state index is 12.9. The zero-order valence-corrected chi connectivity index (χ0v) is 12.7. The highest BCUT2D eigenvalue weighted by molar-refractivity contribution is 7.92. The third kappa shape index (κ3) is 3.25. The van der Waals surface area contributed by atoms with Crippen molar-refractivity contribution in [3.8, 4) is 0 Å². The third-order valence-corrected chi connectivity index (χ3v) is 4.14. The van der Waals surface area contributed by atoms with Crippen LogP contribution in [-0.4, -0.2) is 30.8 Å². The molecular formula is C13H14FN3O4S. The van der Waals surface area contributed by atoms with E-state index in [1.807, 2.05) is 0 Å². The summed E-state index contributed by atoms with van der Waals surface area (Å²) in [5, 5.41) is 3.84. The number of sulfonamides is 1. The van der Waals surface area contributed by atoms with Gasteiger partial charge in [0.1, 0.15) is 11.4 Å². The van der Waals surface area contributed by atoms with Crippen LogP contribution in [-0.2, 0) is 21.8 Å². The number of nitrogens with one attached hydrogen (secondary N) is 1. The number of halogens is 1. The van der Waals surface area contributed by atoms with Gasteiger partial charge in [-0.3, -0.25) is 9.40 Å². The van der Waals surface area contributed by atoms with Gasteiger partial charge in [-0.15, -0.1) is 0 Å². The van der Waals surface area contributed by atoms with Crippen LogP contribution in [0.2, 0.25) is 0 Å². The van der Waals surface area contributed by atoms with Crippen molar-refractivity contribution in [3.63, 3.8) is 0 Å². The van der Waals surface area contributed by atoms with Gasteiger partial charge in [0.05, 0.1) is 17.7 Å². The van der Waals surface area contributed by atoms with E-state index in [2.05, 4.69) is 9.82 Å². The number of nitrogens with zero attached hydrogens (tertiary/aromatic N) is 2. The molecule has 118 valence electrons. The van der Waals surface area contributed by atoms with E-state index in [0.717, 1.165) is 24.3 Å². The number of carbonyl (C=O) groups is 1. The Morgan fingerprint density at radius 2 is 2.00 bits per heavy atom.